The summed E-state index contributed by atoms with van der Waals surface area (Å²) in [4.78, 5) is 4.45. The van der Waals surface area contributed by atoms with E-state index in [1.165, 1.54) is 10.9 Å². The number of nitrogens with zero attached hydrogens (tertiary/aromatic N) is 1. The van der Waals surface area contributed by atoms with Gasteiger partial charge in [0, 0.05) is 35.1 Å². The largest absolute Gasteiger partial charge is 0.461 e. The first-order chi connectivity index (χ1) is 9.24. The maximum atomic E-state index is 5.75. The molecular weight excluding hydrogens is 256 g/mol. The third kappa shape index (κ3) is 2.55. The van der Waals surface area contributed by atoms with Crippen LogP contribution in [0.1, 0.15) is 22.0 Å². The summed E-state index contributed by atoms with van der Waals surface area (Å²) in [6.45, 7) is 5.65. The first kappa shape index (κ1) is 12.4. The first-order valence-electron chi connectivity index (χ1n) is 6.33. The fraction of sp³-hybridized carbons (Fsp3) is 0.267. The molecule has 0 aliphatic heterocycles. The van der Waals surface area contributed by atoms with Gasteiger partial charge < -0.3 is 9.73 Å². The molecule has 0 saturated heterocycles. The molecule has 0 fully saturated rings. The molecule has 3 aromatic rings. The van der Waals surface area contributed by atoms with E-state index in [2.05, 4.69) is 21.7 Å². The molecule has 0 amide bonds. The fourth-order valence-corrected chi connectivity index (χ4v) is 2.96. The average Bonchev–Trinajstić information content (AvgIpc) is 2.94. The molecule has 0 aliphatic carbocycles. The number of aryl methyl sites for hydroxylation is 2. The molecular formula is C15H16N2OS. The van der Waals surface area contributed by atoms with Crippen molar-refractivity contribution < 1.29 is 4.42 Å². The lowest BCUT2D eigenvalue weighted by Gasteiger charge is -2.02. The Bertz CT molecular complexity index is 699. The number of para-hydroxylation sites is 1. The fourth-order valence-electron chi connectivity index (χ4n) is 2.22. The summed E-state index contributed by atoms with van der Waals surface area (Å²) in [6.07, 6.45) is 0. The Morgan fingerprint density at radius 2 is 2.05 bits per heavy atom. The summed E-state index contributed by atoms with van der Waals surface area (Å²) in [6, 6.07) is 8.16. The number of hydrogen-bond donors (Lipinski definition) is 1. The molecule has 0 aliphatic rings. The van der Waals surface area contributed by atoms with Crippen LogP contribution in [-0.4, -0.2) is 4.98 Å². The molecule has 0 bridgehead atoms. The van der Waals surface area contributed by atoms with Crippen LogP contribution in [0.3, 0.4) is 0 Å². The lowest BCUT2D eigenvalue weighted by atomic mass is 10.1. The number of nitrogens with one attached hydrogen (secondary N) is 1. The Balaban J connectivity index is 1.73. The van der Waals surface area contributed by atoms with Crippen LogP contribution < -0.4 is 5.32 Å². The van der Waals surface area contributed by atoms with Gasteiger partial charge in [-0.05, 0) is 19.9 Å². The highest BCUT2D eigenvalue weighted by Crippen LogP contribution is 2.25. The van der Waals surface area contributed by atoms with Gasteiger partial charge >= 0.3 is 0 Å². The van der Waals surface area contributed by atoms with Gasteiger partial charge in [-0.25, -0.2) is 4.98 Å². The van der Waals surface area contributed by atoms with E-state index >= 15 is 0 Å². The van der Waals surface area contributed by atoms with Crippen molar-refractivity contribution in [2.24, 2.45) is 0 Å². The van der Waals surface area contributed by atoms with E-state index in [1.54, 1.807) is 11.3 Å². The lowest BCUT2D eigenvalue weighted by Crippen LogP contribution is -2.12. The summed E-state index contributed by atoms with van der Waals surface area (Å²) < 4.78 is 5.75. The van der Waals surface area contributed by atoms with Crippen molar-refractivity contribution in [3.8, 4) is 0 Å². The molecule has 1 N–H and O–H groups in total. The Hall–Kier alpha value is -1.65. The minimum Gasteiger partial charge on any atom is -0.461 e. The zero-order valence-corrected chi connectivity index (χ0v) is 11.9. The molecule has 2 aromatic heterocycles. The maximum Gasteiger partial charge on any atom is 0.134 e. The maximum absolute atomic E-state index is 5.75. The van der Waals surface area contributed by atoms with Gasteiger partial charge in [-0.1, -0.05) is 18.2 Å². The summed E-state index contributed by atoms with van der Waals surface area (Å²) >= 11 is 1.70. The molecule has 0 unspecified atom stereocenters. The quantitative estimate of drug-likeness (QED) is 0.785. The predicted molar refractivity (Wildman–Crippen MR) is 78.3 cm³/mol. The Morgan fingerprint density at radius 3 is 2.84 bits per heavy atom. The Kier molecular flexibility index (Phi) is 3.36. The van der Waals surface area contributed by atoms with Crippen molar-refractivity contribution in [1.82, 2.24) is 10.3 Å². The highest BCUT2D eigenvalue weighted by Gasteiger charge is 2.09. The van der Waals surface area contributed by atoms with Crippen LogP contribution in [0.15, 0.2) is 34.1 Å². The summed E-state index contributed by atoms with van der Waals surface area (Å²) in [5.41, 5.74) is 3.29. The van der Waals surface area contributed by atoms with E-state index in [4.69, 9.17) is 4.42 Å². The van der Waals surface area contributed by atoms with Gasteiger partial charge in [-0.15, -0.1) is 11.3 Å². The van der Waals surface area contributed by atoms with Crippen LogP contribution >= 0.6 is 11.3 Å². The van der Waals surface area contributed by atoms with Crippen LogP contribution in [-0.2, 0) is 13.1 Å². The SMILES string of the molecule is Cc1csc(CNCc2c(C)oc3ccccc23)n1. The predicted octanol–water partition coefficient (Wildman–Crippen LogP) is 3.80. The molecule has 19 heavy (non-hydrogen) atoms. The molecule has 3 rings (SSSR count). The first-order valence-corrected chi connectivity index (χ1v) is 7.21. The molecule has 4 heteroatoms. The van der Waals surface area contributed by atoms with E-state index in [9.17, 15) is 0 Å². The van der Waals surface area contributed by atoms with E-state index in [0.29, 0.717) is 0 Å². The normalized spacial score (nSPS) is 11.3. The molecule has 0 atom stereocenters. The molecule has 0 spiro atoms. The summed E-state index contributed by atoms with van der Waals surface area (Å²) in [5, 5.41) is 7.84. The second-order valence-electron chi connectivity index (χ2n) is 4.62. The van der Waals surface area contributed by atoms with Crippen LogP contribution in [0.5, 0.6) is 0 Å². The van der Waals surface area contributed by atoms with Crippen molar-refractivity contribution >= 4 is 22.3 Å². The zero-order chi connectivity index (χ0) is 13.2. The molecule has 0 radical (unpaired) electrons. The third-order valence-electron chi connectivity index (χ3n) is 3.14. The van der Waals surface area contributed by atoms with Gasteiger partial charge in [0.15, 0.2) is 0 Å². The zero-order valence-electron chi connectivity index (χ0n) is 11.1. The number of fused-ring (bicyclic) bond motifs is 1. The molecule has 1 aromatic carbocycles. The van der Waals surface area contributed by atoms with Crippen molar-refractivity contribution in [1.29, 1.82) is 0 Å². The number of benzene rings is 1. The van der Waals surface area contributed by atoms with Crippen molar-refractivity contribution in [3.05, 3.63) is 51.7 Å². The van der Waals surface area contributed by atoms with E-state index < -0.39 is 0 Å². The smallest absolute Gasteiger partial charge is 0.134 e. The molecule has 3 nitrogen and oxygen atoms in total. The second kappa shape index (κ2) is 5.15. The second-order valence-corrected chi connectivity index (χ2v) is 5.56. The van der Waals surface area contributed by atoms with Gasteiger partial charge in [-0.3, -0.25) is 0 Å². The minimum absolute atomic E-state index is 0.803. The Morgan fingerprint density at radius 1 is 1.21 bits per heavy atom. The summed E-state index contributed by atoms with van der Waals surface area (Å²) in [5.74, 6) is 0.990. The summed E-state index contributed by atoms with van der Waals surface area (Å²) in [7, 11) is 0. The monoisotopic (exact) mass is 272 g/mol. The number of aromatic nitrogens is 1. The number of hydrogen-bond acceptors (Lipinski definition) is 4. The van der Waals surface area contributed by atoms with Crippen molar-refractivity contribution in [2.45, 2.75) is 26.9 Å². The van der Waals surface area contributed by atoms with E-state index in [1.807, 2.05) is 32.0 Å². The topological polar surface area (TPSA) is 38.1 Å². The van der Waals surface area contributed by atoms with Gasteiger partial charge in [0.2, 0.25) is 0 Å². The van der Waals surface area contributed by atoms with Gasteiger partial charge in [0.25, 0.3) is 0 Å². The van der Waals surface area contributed by atoms with Crippen LogP contribution in [0, 0.1) is 13.8 Å². The van der Waals surface area contributed by atoms with Crippen molar-refractivity contribution in [2.75, 3.05) is 0 Å². The van der Waals surface area contributed by atoms with Gasteiger partial charge in [0.05, 0.1) is 0 Å². The molecule has 0 saturated carbocycles. The Labute approximate surface area is 116 Å². The van der Waals surface area contributed by atoms with Crippen LogP contribution in [0.4, 0.5) is 0 Å². The van der Waals surface area contributed by atoms with E-state index in [-0.39, 0.29) is 0 Å². The lowest BCUT2D eigenvalue weighted by molar-refractivity contribution is 0.565. The van der Waals surface area contributed by atoms with Gasteiger partial charge in [0.1, 0.15) is 16.4 Å². The number of thiazole rings is 1. The highest BCUT2D eigenvalue weighted by atomic mass is 32.1. The van der Waals surface area contributed by atoms with Gasteiger partial charge in [-0.2, -0.15) is 0 Å². The van der Waals surface area contributed by atoms with Crippen LogP contribution in [0.25, 0.3) is 11.0 Å². The number of rotatable bonds is 4. The van der Waals surface area contributed by atoms with E-state index in [0.717, 1.165) is 35.1 Å². The third-order valence-corrected chi connectivity index (χ3v) is 4.11. The standard InChI is InChI=1S/C15H16N2OS/c1-10-9-19-15(17-10)8-16-7-13-11(2)18-14-6-4-3-5-12(13)14/h3-6,9,16H,7-8H2,1-2H3. The van der Waals surface area contributed by atoms with Crippen LogP contribution in [0.2, 0.25) is 0 Å². The highest BCUT2D eigenvalue weighted by molar-refractivity contribution is 7.09. The molecule has 98 valence electrons. The molecule has 2 heterocycles. The van der Waals surface area contributed by atoms with Crippen molar-refractivity contribution in [3.63, 3.8) is 0 Å². The minimum atomic E-state index is 0.803. The number of furan rings is 1. The average molecular weight is 272 g/mol.